The zero-order valence-corrected chi connectivity index (χ0v) is 30.3. The van der Waals surface area contributed by atoms with Crippen LogP contribution in [0.4, 0.5) is 17.1 Å². The SMILES string of the molecule is CC1(C)c2ccccc2-c2c(N(c3ccc4c(c3)oc3ccccc34)c3ccc4c(c3)n3c5ccccc5c5ccc6c7ccccc7n4c6c53)cccc21. The molecule has 13 rings (SSSR count). The summed E-state index contributed by atoms with van der Waals surface area (Å²) in [5, 5.41) is 7.35. The summed E-state index contributed by atoms with van der Waals surface area (Å²) in [5.41, 5.74) is 17.5. The van der Waals surface area contributed by atoms with E-state index < -0.39 is 0 Å². The largest absolute Gasteiger partial charge is 0.456 e. The molecule has 1 aliphatic carbocycles. The predicted molar refractivity (Wildman–Crippen MR) is 229 cm³/mol. The van der Waals surface area contributed by atoms with Gasteiger partial charge in [0, 0.05) is 60.7 Å². The van der Waals surface area contributed by atoms with Crippen LogP contribution >= 0.6 is 0 Å². The van der Waals surface area contributed by atoms with Crippen molar-refractivity contribution in [3.63, 3.8) is 0 Å². The molecular weight excluding hydrogens is 671 g/mol. The van der Waals surface area contributed by atoms with Crippen LogP contribution in [0.1, 0.15) is 25.0 Å². The second-order valence-corrected chi connectivity index (χ2v) is 15.7. The zero-order chi connectivity index (χ0) is 36.2. The van der Waals surface area contributed by atoms with Gasteiger partial charge in [0.1, 0.15) is 11.2 Å². The fourth-order valence-electron chi connectivity index (χ4n) is 10.2. The van der Waals surface area contributed by atoms with Gasteiger partial charge in [-0.15, -0.1) is 0 Å². The van der Waals surface area contributed by atoms with Crippen molar-refractivity contribution in [3.05, 3.63) is 175 Å². The maximum absolute atomic E-state index is 6.53. The molecule has 4 heterocycles. The van der Waals surface area contributed by atoms with Gasteiger partial charge in [0.05, 0.1) is 38.8 Å². The summed E-state index contributed by atoms with van der Waals surface area (Å²) in [6.45, 7) is 4.71. The lowest BCUT2D eigenvalue weighted by Gasteiger charge is -2.29. The van der Waals surface area contributed by atoms with E-state index in [1.807, 2.05) is 6.07 Å². The molecule has 0 bridgehead atoms. The molecule has 0 spiro atoms. The van der Waals surface area contributed by atoms with Gasteiger partial charge in [-0.25, -0.2) is 0 Å². The molecule has 0 unspecified atom stereocenters. The van der Waals surface area contributed by atoms with Crippen LogP contribution in [0.25, 0.3) is 87.7 Å². The first-order chi connectivity index (χ1) is 27.1. The summed E-state index contributed by atoms with van der Waals surface area (Å²) in [7, 11) is 0. The molecule has 0 aliphatic heterocycles. The van der Waals surface area contributed by atoms with E-state index in [9.17, 15) is 0 Å². The summed E-state index contributed by atoms with van der Waals surface area (Å²) in [5.74, 6) is 0. The van der Waals surface area contributed by atoms with E-state index in [0.29, 0.717) is 0 Å². The highest BCUT2D eigenvalue weighted by Crippen LogP contribution is 2.54. The molecule has 8 aromatic carbocycles. The molecular formula is C51H33N3O. The van der Waals surface area contributed by atoms with Crippen molar-refractivity contribution in [1.29, 1.82) is 0 Å². The average molecular weight is 704 g/mol. The van der Waals surface area contributed by atoms with Crippen LogP contribution in [0.5, 0.6) is 0 Å². The highest BCUT2D eigenvalue weighted by molar-refractivity contribution is 6.25. The highest BCUT2D eigenvalue weighted by atomic mass is 16.3. The molecule has 4 heteroatoms. The lowest BCUT2D eigenvalue weighted by molar-refractivity contribution is 0.660. The first-order valence-corrected chi connectivity index (χ1v) is 19.1. The Balaban J connectivity index is 1.17. The van der Waals surface area contributed by atoms with Crippen molar-refractivity contribution in [2.24, 2.45) is 0 Å². The van der Waals surface area contributed by atoms with Crippen molar-refractivity contribution >= 4 is 93.6 Å². The number of benzene rings is 8. The van der Waals surface area contributed by atoms with Gasteiger partial charge in [0.15, 0.2) is 0 Å². The van der Waals surface area contributed by atoms with Crippen molar-refractivity contribution in [3.8, 4) is 11.1 Å². The van der Waals surface area contributed by atoms with Gasteiger partial charge in [0.25, 0.3) is 0 Å². The van der Waals surface area contributed by atoms with Crippen LogP contribution < -0.4 is 4.90 Å². The molecule has 55 heavy (non-hydrogen) atoms. The molecule has 0 saturated carbocycles. The lowest BCUT2D eigenvalue weighted by Crippen LogP contribution is -2.16. The quantitative estimate of drug-likeness (QED) is 0.171. The number of fused-ring (bicyclic) bond motifs is 15. The molecule has 12 aromatic rings. The molecule has 258 valence electrons. The second kappa shape index (κ2) is 10.1. The Morgan fingerprint density at radius 1 is 0.436 bits per heavy atom. The number of furan rings is 1. The van der Waals surface area contributed by atoms with E-state index in [2.05, 4.69) is 185 Å². The van der Waals surface area contributed by atoms with Crippen LogP contribution in [0.2, 0.25) is 0 Å². The maximum Gasteiger partial charge on any atom is 0.137 e. The smallest absolute Gasteiger partial charge is 0.137 e. The van der Waals surface area contributed by atoms with E-state index in [-0.39, 0.29) is 5.41 Å². The van der Waals surface area contributed by atoms with E-state index in [0.717, 1.165) is 44.5 Å². The van der Waals surface area contributed by atoms with Gasteiger partial charge < -0.3 is 18.1 Å². The maximum atomic E-state index is 6.53. The Morgan fingerprint density at radius 3 is 1.80 bits per heavy atom. The van der Waals surface area contributed by atoms with Gasteiger partial charge in [-0.3, -0.25) is 0 Å². The average Bonchev–Trinajstić information content (AvgIpc) is 3.94. The topological polar surface area (TPSA) is 25.2 Å². The van der Waals surface area contributed by atoms with Gasteiger partial charge in [-0.1, -0.05) is 117 Å². The Kier molecular flexibility index (Phi) is 5.42. The third-order valence-electron chi connectivity index (χ3n) is 12.6. The number of aromatic nitrogens is 2. The Morgan fingerprint density at radius 2 is 1.02 bits per heavy atom. The van der Waals surface area contributed by atoms with E-state index in [4.69, 9.17) is 4.42 Å². The van der Waals surface area contributed by atoms with Crippen molar-refractivity contribution in [2.75, 3.05) is 4.90 Å². The molecule has 0 N–H and O–H groups in total. The van der Waals surface area contributed by atoms with Gasteiger partial charge in [0.2, 0.25) is 0 Å². The minimum absolute atomic E-state index is 0.133. The third kappa shape index (κ3) is 3.62. The Hall–Kier alpha value is -7.04. The number of rotatable bonds is 3. The standard InChI is InChI=1S/C51H33N3O/c1-51(2)39-16-7-3-15-38(39)48-40(51)17-11-20-44(48)52(31-22-24-35-34-14-6-10-21-46(34)55-47(35)29-31)30-23-27-43-45(28-30)54-42-19-9-5-13-33(42)37-26-25-36-32-12-4-8-18-41(32)53(43)49(36)50(37)54/h3-29H,1-2H3. The van der Waals surface area contributed by atoms with Crippen molar-refractivity contribution < 1.29 is 4.42 Å². The predicted octanol–water partition coefficient (Wildman–Crippen LogP) is 13.9. The van der Waals surface area contributed by atoms with E-state index >= 15 is 0 Å². The molecule has 1 aliphatic rings. The minimum Gasteiger partial charge on any atom is -0.456 e. The minimum atomic E-state index is -0.133. The van der Waals surface area contributed by atoms with E-state index in [1.54, 1.807) is 0 Å². The Bertz CT molecular complexity index is 3590. The molecule has 4 nitrogen and oxygen atoms in total. The number of para-hydroxylation sites is 3. The summed E-state index contributed by atoms with van der Waals surface area (Å²) in [6, 6.07) is 60.2. The number of hydrogen-bond donors (Lipinski definition) is 0. The van der Waals surface area contributed by atoms with Crippen LogP contribution in [0.15, 0.2) is 168 Å². The summed E-state index contributed by atoms with van der Waals surface area (Å²) >= 11 is 0. The second-order valence-electron chi connectivity index (χ2n) is 15.7. The van der Waals surface area contributed by atoms with Crippen molar-refractivity contribution in [2.45, 2.75) is 19.3 Å². The molecule has 4 aromatic heterocycles. The van der Waals surface area contributed by atoms with Crippen LogP contribution in [-0.2, 0) is 5.41 Å². The van der Waals surface area contributed by atoms with Crippen LogP contribution in [0, 0.1) is 0 Å². The number of anilines is 3. The van der Waals surface area contributed by atoms with E-state index in [1.165, 1.54) is 71.4 Å². The first-order valence-electron chi connectivity index (χ1n) is 19.1. The molecule has 0 fully saturated rings. The number of nitrogens with zero attached hydrogens (tertiary/aromatic N) is 3. The van der Waals surface area contributed by atoms with Crippen LogP contribution in [0.3, 0.4) is 0 Å². The van der Waals surface area contributed by atoms with Crippen LogP contribution in [-0.4, -0.2) is 8.80 Å². The molecule has 0 saturated heterocycles. The van der Waals surface area contributed by atoms with Gasteiger partial charge in [-0.05, 0) is 71.3 Å². The Labute approximate surface area is 316 Å². The summed E-state index contributed by atoms with van der Waals surface area (Å²) in [4.78, 5) is 2.46. The normalized spacial score (nSPS) is 13.8. The van der Waals surface area contributed by atoms with Gasteiger partial charge >= 0.3 is 0 Å². The zero-order valence-electron chi connectivity index (χ0n) is 30.3. The first kappa shape index (κ1) is 29.4. The molecule has 0 radical (unpaired) electrons. The fraction of sp³-hybridized carbons (Fsp3) is 0.0588. The highest BCUT2D eigenvalue weighted by Gasteiger charge is 2.38. The van der Waals surface area contributed by atoms with Crippen molar-refractivity contribution in [1.82, 2.24) is 8.80 Å². The molecule has 0 atom stereocenters. The monoisotopic (exact) mass is 703 g/mol. The van der Waals surface area contributed by atoms with Gasteiger partial charge in [-0.2, -0.15) is 0 Å². The summed E-state index contributed by atoms with van der Waals surface area (Å²) < 4.78 is 11.5. The fourth-order valence-corrected chi connectivity index (χ4v) is 10.2. The molecule has 0 amide bonds. The third-order valence-corrected chi connectivity index (χ3v) is 12.6. The lowest BCUT2D eigenvalue weighted by atomic mass is 9.82. The number of hydrogen-bond acceptors (Lipinski definition) is 2. The summed E-state index contributed by atoms with van der Waals surface area (Å²) in [6.07, 6.45) is 0.